The third-order valence-electron chi connectivity index (χ3n) is 1.95. The number of nitro groups is 1. The highest BCUT2D eigenvalue weighted by atomic mass is 35.5. The van der Waals surface area contributed by atoms with Gasteiger partial charge in [0.25, 0.3) is 0 Å². The van der Waals surface area contributed by atoms with Crippen molar-refractivity contribution in [2.45, 2.75) is 26.2 Å². The molecule has 0 bridgehead atoms. The quantitative estimate of drug-likeness (QED) is 0.594. The molecule has 0 aromatic carbocycles. The van der Waals surface area contributed by atoms with Crippen LogP contribution in [0.25, 0.3) is 0 Å². The number of halogens is 1. The summed E-state index contributed by atoms with van der Waals surface area (Å²) >= 11 is 5.67. The Balaban J connectivity index is 3.46. The number of hydrogen-bond acceptors (Lipinski definition) is 3. The zero-order valence-electron chi connectivity index (χ0n) is 8.63. The largest absolute Gasteiger partial charge is 0.352 e. The standard InChI is InChI=1S/C9H11ClN2O3/c1-9(2,3)6-4-5(10)7(12(14)15)8(13)11-6/h4H,1-3H3,(H,11,13). The molecule has 0 fully saturated rings. The summed E-state index contributed by atoms with van der Waals surface area (Å²) in [6.07, 6.45) is 0. The minimum atomic E-state index is -0.784. The average molecular weight is 231 g/mol. The lowest BCUT2D eigenvalue weighted by Crippen LogP contribution is -2.21. The Labute approximate surface area is 91.2 Å². The molecule has 1 heterocycles. The van der Waals surface area contributed by atoms with Gasteiger partial charge in [-0.05, 0) is 6.07 Å². The Kier molecular flexibility index (Phi) is 2.86. The summed E-state index contributed by atoms with van der Waals surface area (Å²) in [5, 5.41) is 10.4. The summed E-state index contributed by atoms with van der Waals surface area (Å²) < 4.78 is 0. The molecule has 82 valence electrons. The van der Waals surface area contributed by atoms with E-state index in [4.69, 9.17) is 11.6 Å². The molecule has 0 unspecified atom stereocenters. The summed E-state index contributed by atoms with van der Waals surface area (Å²) in [6.45, 7) is 5.63. The van der Waals surface area contributed by atoms with Gasteiger partial charge >= 0.3 is 11.2 Å². The van der Waals surface area contributed by atoms with Crippen molar-refractivity contribution in [1.29, 1.82) is 0 Å². The molecule has 1 N–H and O–H groups in total. The van der Waals surface area contributed by atoms with Gasteiger partial charge in [0.05, 0.1) is 4.92 Å². The first-order chi connectivity index (χ1) is 6.73. The number of aromatic nitrogens is 1. The number of hydrogen-bond donors (Lipinski definition) is 1. The highest BCUT2D eigenvalue weighted by Crippen LogP contribution is 2.25. The van der Waals surface area contributed by atoms with E-state index in [1.165, 1.54) is 6.07 Å². The van der Waals surface area contributed by atoms with Crippen LogP contribution in [0.1, 0.15) is 26.5 Å². The number of pyridine rings is 1. The Hall–Kier alpha value is -1.36. The lowest BCUT2D eigenvalue weighted by Gasteiger charge is -2.18. The molecule has 0 aliphatic heterocycles. The van der Waals surface area contributed by atoms with Crippen molar-refractivity contribution in [2.24, 2.45) is 0 Å². The summed E-state index contributed by atoms with van der Waals surface area (Å²) in [7, 11) is 0. The third-order valence-corrected chi connectivity index (χ3v) is 2.24. The molecule has 0 radical (unpaired) electrons. The van der Waals surface area contributed by atoms with Gasteiger partial charge in [-0.25, -0.2) is 0 Å². The first-order valence-corrected chi connectivity index (χ1v) is 4.69. The van der Waals surface area contributed by atoms with Gasteiger partial charge in [-0.3, -0.25) is 14.9 Å². The van der Waals surface area contributed by atoms with Gasteiger partial charge in [-0.2, -0.15) is 0 Å². The Bertz CT molecular complexity index is 459. The lowest BCUT2D eigenvalue weighted by atomic mass is 9.92. The molecule has 0 atom stereocenters. The van der Waals surface area contributed by atoms with E-state index in [1.807, 2.05) is 20.8 Å². The number of H-pyrrole nitrogens is 1. The fourth-order valence-electron chi connectivity index (χ4n) is 1.10. The smallest absolute Gasteiger partial charge is 0.320 e. The Morgan fingerprint density at radius 3 is 2.33 bits per heavy atom. The molecule has 15 heavy (non-hydrogen) atoms. The second kappa shape index (κ2) is 3.66. The minimum Gasteiger partial charge on any atom is -0.320 e. The zero-order valence-corrected chi connectivity index (χ0v) is 9.38. The molecule has 0 aliphatic rings. The molecular weight excluding hydrogens is 220 g/mol. The van der Waals surface area contributed by atoms with Crippen LogP contribution in [0.3, 0.4) is 0 Å². The highest BCUT2D eigenvalue weighted by molar-refractivity contribution is 6.32. The van der Waals surface area contributed by atoms with E-state index in [0.29, 0.717) is 5.69 Å². The summed E-state index contributed by atoms with van der Waals surface area (Å²) in [6, 6.07) is 1.42. The molecular formula is C9H11ClN2O3. The third kappa shape index (κ3) is 2.36. The van der Waals surface area contributed by atoms with Crippen molar-refractivity contribution in [3.8, 4) is 0 Å². The van der Waals surface area contributed by atoms with Gasteiger partial charge < -0.3 is 4.98 Å². The number of nitrogens with zero attached hydrogens (tertiary/aromatic N) is 1. The van der Waals surface area contributed by atoms with Crippen LogP contribution in [0.15, 0.2) is 10.9 Å². The summed E-state index contributed by atoms with van der Waals surface area (Å²) in [5.74, 6) is 0. The minimum absolute atomic E-state index is 0.131. The van der Waals surface area contributed by atoms with Crippen LogP contribution in [0, 0.1) is 10.1 Å². The Morgan fingerprint density at radius 1 is 1.47 bits per heavy atom. The molecule has 0 aliphatic carbocycles. The van der Waals surface area contributed by atoms with Gasteiger partial charge in [0, 0.05) is 11.1 Å². The normalized spacial score (nSPS) is 11.5. The topological polar surface area (TPSA) is 76.0 Å². The van der Waals surface area contributed by atoms with Crippen molar-refractivity contribution in [3.05, 3.63) is 37.3 Å². The van der Waals surface area contributed by atoms with Crippen molar-refractivity contribution < 1.29 is 4.92 Å². The predicted octanol–water partition coefficient (Wildman–Crippen LogP) is 2.23. The van der Waals surface area contributed by atoms with Crippen molar-refractivity contribution in [1.82, 2.24) is 4.98 Å². The maximum Gasteiger partial charge on any atom is 0.352 e. The van der Waals surface area contributed by atoms with E-state index in [1.54, 1.807) is 0 Å². The summed E-state index contributed by atoms with van der Waals surface area (Å²) in [5.41, 5.74) is -1.11. The molecule has 0 saturated heterocycles. The van der Waals surface area contributed by atoms with E-state index >= 15 is 0 Å². The molecule has 0 spiro atoms. The zero-order chi connectivity index (χ0) is 11.8. The molecule has 0 saturated carbocycles. The van der Waals surface area contributed by atoms with E-state index in [0.717, 1.165) is 0 Å². The molecule has 1 rings (SSSR count). The van der Waals surface area contributed by atoms with Gasteiger partial charge in [0.15, 0.2) is 0 Å². The molecule has 6 heteroatoms. The van der Waals surface area contributed by atoms with Crippen LogP contribution in [-0.4, -0.2) is 9.91 Å². The monoisotopic (exact) mass is 230 g/mol. The maximum absolute atomic E-state index is 11.4. The van der Waals surface area contributed by atoms with Crippen LogP contribution in [0.4, 0.5) is 5.69 Å². The average Bonchev–Trinajstić information content (AvgIpc) is 1.99. The van der Waals surface area contributed by atoms with Gasteiger partial charge in [-0.1, -0.05) is 32.4 Å². The fourth-order valence-corrected chi connectivity index (χ4v) is 1.36. The SMILES string of the molecule is CC(C)(C)c1cc(Cl)c([N+](=O)[O-])c(=O)[nH]1. The molecule has 0 amide bonds. The summed E-state index contributed by atoms with van der Waals surface area (Å²) in [4.78, 5) is 23.5. The van der Waals surface area contributed by atoms with E-state index in [9.17, 15) is 14.9 Å². The molecule has 5 nitrogen and oxygen atoms in total. The van der Waals surface area contributed by atoms with E-state index in [-0.39, 0.29) is 10.4 Å². The lowest BCUT2D eigenvalue weighted by molar-refractivity contribution is -0.386. The van der Waals surface area contributed by atoms with Crippen LogP contribution in [0.5, 0.6) is 0 Å². The van der Waals surface area contributed by atoms with Crippen LogP contribution in [0.2, 0.25) is 5.02 Å². The van der Waals surface area contributed by atoms with Gasteiger partial charge in [0.2, 0.25) is 0 Å². The maximum atomic E-state index is 11.4. The number of nitrogens with one attached hydrogen (secondary N) is 1. The number of rotatable bonds is 1. The highest BCUT2D eigenvalue weighted by Gasteiger charge is 2.23. The second-order valence-electron chi connectivity index (χ2n) is 4.22. The number of aromatic amines is 1. The Morgan fingerprint density at radius 2 is 2.00 bits per heavy atom. The first kappa shape index (κ1) is 11.7. The second-order valence-corrected chi connectivity index (χ2v) is 4.62. The molecule has 1 aromatic rings. The van der Waals surface area contributed by atoms with Crippen LogP contribution in [-0.2, 0) is 5.41 Å². The van der Waals surface area contributed by atoms with Crippen LogP contribution >= 0.6 is 11.6 Å². The predicted molar refractivity (Wildman–Crippen MR) is 57.4 cm³/mol. The van der Waals surface area contributed by atoms with Gasteiger partial charge in [0.1, 0.15) is 5.02 Å². The first-order valence-electron chi connectivity index (χ1n) is 4.31. The fraction of sp³-hybridized carbons (Fsp3) is 0.444. The van der Waals surface area contributed by atoms with Crippen molar-refractivity contribution in [2.75, 3.05) is 0 Å². The van der Waals surface area contributed by atoms with Crippen molar-refractivity contribution >= 4 is 17.3 Å². The van der Waals surface area contributed by atoms with Gasteiger partial charge in [-0.15, -0.1) is 0 Å². The van der Waals surface area contributed by atoms with Crippen LogP contribution < -0.4 is 5.56 Å². The van der Waals surface area contributed by atoms with E-state index < -0.39 is 16.2 Å². The van der Waals surface area contributed by atoms with E-state index in [2.05, 4.69) is 4.98 Å². The molecule has 1 aromatic heterocycles. The van der Waals surface area contributed by atoms with Crippen molar-refractivity contribution in [3.63, 3.8) is 0 Å².